The number of halogens is 1. The second-order valence-electron chi connectivity index (χ2n) is 5.87. The highest BCUT2D eigenvalue weighted by Gasteiger charge is 2.31. The molecule has 0 aliphatic carbocycles. The highest BCUT2D eigenvalue weighted by atomic mass is 79.9. The summed E-state index contributed by atoms with van der Waals surface area (Å²) in [5.41, 5.74) is 2.43. The minimum Gasteiger partial charge on any atom is -0.367 e. The molecule has 21 heavy (non-hydrogen) atoms. The smallest absolute Gasteiger partial charge is 0.124 e. The molecule has 1 aliphatic heterocycles. The number of hydrogen-bond donors (Lipinski definition) is 0. The van der Waals surface area contributed by atoms with E-state index in [4.69, 9.17) is 0 Å². The van der Waals surface area contributed by atoms with Crippen molar-refractivity contribution in [2.75, 3.05) is 25.5 Å². The molecular formula is C16H21BrN4. The van der Waals surface area contributed by atoms with Crippen molar-refractivity contribution in [3.05, 3.63) is 41.4 Å². The van der Waals surface area contributed by atoms with Gasteiger partial charge in [-0.3, -0.25) is 0 Å². The van der Waals surface area contributed by atoms with Crippen LogP contribution in [0.1, 0.15) is 13.3 Å². The molecule has 1 aliphatic rings. The third kappa shape index (κ3) is 2.85. The molecule has 112 valence electrons. The van der Waals surface area contributed by atoms with E-state index in [-0.39, 0.29) is 0 Å². The molecule has 1 fully saturated rings. The Morgan fingerprint density at radius 1 is 1.19 bits per heavy atom. The number of nitrogens with zero attached hydrogens (tertiary/aromatic N) is 4. The van der Waals surface area contributed by atoms with Crippen molar-refractivity contribution in [2.24, 2.45) is 0 Å². The standard InChI is InChI=1S/C16H21BrN4/c1-12-15(19(2)3)8-9-21(12)14-6-4-13(5-7-14)20-10-16(17)18-11-20/h4-7,10-12,15H,8-9H2,1-3H3/t12-,15-/m1/s1. The Morgan fingerprint density at radius 2 is 1.86 bits per heavy atom. The first-order valence-corrected chi connectivity index (χ1v) is 8.08. The zero-order valence-corrected chi connectivity index (χ0v) is 14.3. The quantitative estimate of drug-likeness (QED) is 0.851. The fourth-order valence-corrected chi connectivity index (χ4v) is 3.55. The molecular weight excluding hydrogens is 328 g/mol. The van der Waals surface area contributed by atoms with Gasteiger partial charge in [-0.2, -0.15) is 0 Å². The first-order valence-electron chi connectivity index (χ1n) is 7.29. The van der Waals surface area contributed by atoms with E-state index in [9.17, 15) is 0 Å². The highest BCUT2D eigenvalue weighted by molar-refractivity contribution is 9.10. The van der Waals surface area contributed by atoms with Crippen LogP contribution < -0.4 is 4.90 Å². The van der Waals surface area contributed by atoms with Crippen LogP contribution in [0.5, 0.6) is 0 Å². The first-order chi connectivity index (χ1) is 10.1. The Hall–Kier alpha value is -1.33. The summed E-state index contributed by atoms with van der Waals surface area (Å²) in [6, 6.07) is 9.90. The van der Waals surface area contributed by atoms with E-state index in [0.29, 0.717) is 12.1 Å². The Balaban J connectivity index is 1.79. The average molecular weight is 349 g/mol. The van der Waals surface area contributed by atoms with Crippen LogP contribution in [0.15, 0.2) is 41.4 Å². The lowest BCUT2D eigenvalue weighted by Gasteiger charge is -2.29. The lowest BCUT2D eigenvalue weighted by Crippen LogP contribution is -2.39. The van der Waals surface area contributed by atoms with Crippen LogP contribution in [0, 0.1) is 0 Å². The van der Waals surface area contributed by atoms with Crippen LogP contribution in [0.2, 0.25) is 0 Å². The molecule has 0 unspecified atom stereocenters. The summed E-state index contributed by atoms with van der Waals surface area (Å²) in [5.74, 6) is 0. The molecule has 1 aromatic carbocycles. The Bertz CT molecular complexity index is 605. The fourth-order valence-electron chi connectivity index (χ4n) is 3.23. The van der Waals surface area contributed by atoms with E-state index in [1.54, 1.807) is 0 Å². The monoisotopic (exact) mass is 348 g/mol. The molecule has 1 aromatic heterocycles. The van der Waals surface area contributed by atoms with Gasteiger partial charge in [0.1, 0.15) is 10.9 Å². The number of rotatable bonds is 3. The van der Waals surface area contributed by atoms with Gasteiger partial charge < -0.3 is 14.4 Å². The fraction of sp³-hybridized carbons (Fsp3) is 0.438. The van der Waals surface area contributed by atoms with Crippen molar-refractivity contribution in [1.29, 1.82) is 0 Å². The number of anilines is 1. The van der Waals surface area contributed by atoms with Crippen molar-refractivity contribution < 1.29 is 0 Å². The summed E-state index contributed by atoms with van der Waals surface area (Å²) in [5, 5.41) is 0. The van der Waals surface area contributed by atoms with Crippen LogP contribution in [0.3, 0.4) is 0 Å². The lowest BCUT2D eigenvalue weighted by molar-refractivity contribution is 0.283. The van der Waals surface area contributed by atoms with E-state index in [1.165, 1.54) is 12.1 Å². The summed E-state index contributed by atoms with van der Waals surface area (Å²) in [6.45, 7) is 3.44. The summed E-state index contributed by atoms with van der Waals surface area (Å²) in [6.07, 6.45) is 5.01. The van der Waals surface area contributed by atoms with Gasteiger partial charge in [0.2, 0.25) is 0 Å². The van der Waals surface area contributed by atoms with Gasteiger partial charge in [0.15, 0.2) is 0 Å². The van der Waals surface area contributed by atoms with E-state index in [2.05, 4.69) is 76.0 Å². The number of aromatic nitrogens is 2. The van der Waals surface area contributed by atoms with Gasteiger partial charge in [0.25, 0.3) is 0 Å². The molecule has 5 heteroatoms. The molecule has 0 saturated carbocycles. The van der Waals surface area contributed by atoms with Gasteiger partial charge in [-0.05, 0) is 67.6 Å². The third-order valence-corrected chi connectivity index (χ3v) is 4.82. The van der Waals surface area contributed by atoms with Crippen molar-refractivity contribution in [3.8, 4) is 5.69 Å². The van der Waals surface area contributed by atoms with E-state index in [1.807, 2.05) is 17.1 Å². The molecule has 0 radical (unpaired) electrons. The molecule has 2 heterocycles. The zero-order valence-electron chi connectivity index (χ0n) is 12.7. The molecule has 4 nitrogen and oxygen atoms in total. The second kappa shape index (κ2) is 5.81. The molecule has 0 N–H and O–H groups in total. The maximum absolute atomic E-state index is 4.20. The molecule has 3 rings (SSSR count). The predicted octanol–water partition coefficient (Wildman–Crippen LogP) is 3.16. The summed E-state index contributed by atoms with van der Waals surface area (Å²) in [4.78, 5) is 9.03. The van der Waals surface area contributed by atoms with Crippen LogP contribution in [-0.2, 0) is 0 Å². The van der Waals surface area contributed by atoms with E-state index >= 15 is 0 Å². The predicted molar refractivity (Wildman–Crippen MR) is 90.2 cm³/mol. The minimum atomic E-state index is 0.549. The Morgan fingerprint density at radius 3 is 2.38 bits per heavy atom. The average Bonchev–Trinajstić information content (AvgIpc) is 3.05. The van der Waals surface area contributed by atoms with Crippen molar-refractivity contribution in [2.45, 2.75) is 25.4 Å². The van der Waals surface area contributed by atoms with Crippen LogP contribution in [0.4, 0.5) is 5.69 Å². The Kier molecular flexibility index (Phi) is 4.04. The lowest BCUT2D eigenvalue weighted by atomic mass is 10.1. The van der Waals surface area contributed by atoms with Crippen LogP contribution in [0.25, 0.3) is 5.69 Å². The van der Waals surface area contributed by atoms with Crippen molar-refractivity contribution >= 4 is 21.6 Å². The first kappa shape index (κ1) is 14.6. The van der Waals surface area contributed by atoms with Gasteiger partial charge in [0, 0.05) is 36.2 Å². The topological polar surface area (TPSA) is 24.3 Å². The van der Waals surface area contributed by atoms with Gasteiger partial charge >= 0.3 is 0 Å². The second-order valence-corrected chi connectivity index (χ2v) is 6.69. The largest absolute Gasteiger partial charge is 0.367 e. The SMILES string of the molecule is C[C@@H]1[C@H](N(C)C)CCN1c1ccc(-n2cnc(Br)c2)cc1. The molecule has 1 saturated heterocycles. The number of hydrogen-bond acceptors (Lipinski definition) is 3. The normalized spacial score (nSPS) is 22.2. The molecule has 0 bridgehead atoms. The third-order valence-electron chi connectivity index (χ3n) is 4.41. The maximum atomic E-state index is 4.20. The number of imidazole rings is 1. The summed E-state index contributed by atoms with van der Waals surface area (Å²) >= 11 is 3.38. The Labute approximate surface area is 134 Å². The van der Waals surface area contributed by atoms with Gasteiger partial charge in [-0.15, -0.1) is 0 Å². The van der Waals surface area contributed by atoms with Crippen molar-refractivity contribution in [3.63, 3.8) is 0 Å². The van der Waals surface area contributed by atoms with E-state index in [0.717, 1.165) is 16.8 Å². The molecule has 0 spiro atoms. The summed E-state index contributed by atoms with van der Waals surface area (Å²) < 4.78 is 2.87. The number of benzene rings is 1. The van der Waals surface area contributed by atoms with Gasteiger partial charge in [-0.1, -0.05) is 0 Å². The highest BCUT2D eigenvalue weighted by Crippen LogP contribution is 2.28. The molecule has 0 amide bonds. The van der Waals surface area contributed by atoms with E-state index < -0.39 is 0 Å². The molecule has 2 atom stereocenters. The molecule has 2 aromatic rings. The van der Waals surface area contributed by atoms with Crippen LogP contribution in [-0.4, -0.2) is 47.2 Å². The van der Waals surface area contributed by atoms with Crippen molar-refractivity contribution in [1.82, 2.24) is 14.5 Å². The van der Waals surface area contributed by atoms with Gasteiger partial charge in [-0.25, -0.2) is 4.98 Å². The zero-order chi connectivity index (χ0) is 15.0. The summed E-state index contributed by atoms with van der Waals surface area (Å²) in [7, 11) is 4.34. The minimum absolute atomic E-state index is 0.549. The van der Waals surface area contributed by atoms with Crippen LogP contribution >= 0.6 is 15.9 Å². The van der Waals surface area contributed by atoms with Gasteiger partial charge in [0.05, 0.1) is 0 Å². The number of likely N-dealkylation sites (N-methyl/N-ethyl adjacent to an activating group) is 1. The maximum Gasteiger partial charge on any atom is 0.124 e.